The van der Waals surface area contributed by atoms with Crippen molar-refractivity contribution in [3.63, 3.8) is 0 Å². The van der Waals surface area contributed by atoms with E-state index < -0.39 is 5.54 Å². The van der Waals surface area contributed by atoms with Crippen molar-refractivity contribution < 1.29 is 4.48 Å². The lowest BCUT2D eigenvalue weighted by Crippen LogP contribution is -2.36. The summed E-state index contributed by atoms with van der Waals surface area (Å²) in [5.41, 5.74) is 10.6. The molecule has 0 atom stereocenters. The normalized spacial score (nSPS) is 11.6. The molecule has 0 spiro atoms. The first-order valence-corrected chi connectivity index (χ1v) is 15.6. The number of hydrogen-bond donors (Lipinski definition) is 0. The van der Waals surface area contributed by atoms with Gasteiger partial charge in [-0.3, -0.25) is 9.13 Å². The zero-order chi connectivity index (χ0) is 32.7. The molecule has 6 aromatic rings. The minimum absolute atomic E-state index is 0.432. The van der Waals surface area contributed by atoms with Crippen LogP contribution in [-0.2, 0) is 5.54 Å². The molecule has 46 heavy (non-hydrogen) atoms. The van der Waals surface area contributed by atoms with Gasteiger partial charge < -0.3 is 0 Å². The molecule has 5 nitrogen and oxygen atoms in total. The average molecular weight is 610 g/mol. The molecule has 0 unspecified atom stereocenters. The van der Waals surface area contributed by atoms with E-state index in [1.807, 2.05) is 91.6 Å². The second-order valence-electron chi connectivity index (χ2n) is 12.6. The lowest BCUT2D eigenvalue weighted by Gasteiger charge is -2.35. The van der Waals surface area contributed by atoms with Crippen molar-refractivity contribution in [2.75, 3.05) is 5.12 Å². The van der Waals surface area contributed by atoms with Crippen LogP contribution in [0.15, 0.2) is 104 Å². The lowest BCUT2D eigenvalue weighted by molar-refractivity contribution is 0.297. The van der Waals surface area contributed by atoms with Crippen LogP contribution in [0.1, 0.15) is 52.8 Å². The van der Waals surface area contributed by atoms with Crippen molar-refractivity contribution in [2.24, 2.45) is 0 Å². The minimum atomic E-state index is -1.07. The van der Waals surface area contributed by atoms with Gasteiger partial charge in [0.1, 0.15) is 11.6 Å². The van der Waals surface area contributed by atoms with Gasteiger partial charge in [-0.25, -0.2) is 15.1 Å². The quantitative estimate of drug-likeness (QED) is 0.161. The Morgan fingerprint density at radius 1 is 0.696 bits per heavy atom. The third-order valence-corrected chi connectivity index (χ3v) is 8.82. The maximum Gasteiger partial charge on any atom is 0.146 e. The highest BCUT2D eigenvalue weighted by Crippen LogP contribution is 2.42. The summed E-state index contributed by atoms with van der Waals surface area (Å²) >= 11 is 0. The predicted molar refractivity (Wildman–Crippen MR) is 188 cm³/mol. The smallest absolute Gasteiger partial charge is 0.146 e. The topological polar surface area (TPSA) is 38.9 Å². The molecule has 232 valence electrons. The Kier molecular flexibility index (Phi) is 7.99. The molecule has 0 N–H and O–H groups in total. The van der Waals surface area contributed by atoms with Crippen LogP contribution in [0, 0.1) is 34.6 Å². The summed E-state index contributed by atoms with van der Waals surface area (Å²) in [6.45, 7) is 18.3. The Balaban J connectivity index is 1.46. The van der Waals surface area contributed by atoms with Gasteiger partial charge in [-0.05, 0) is 106 Å². The molecule has 6 heteroatoms. The molecule has 0 bridgehead atoms. The van der Waals surface area contributed by atoms with E-state index in [0.717, 1.165) is 61.3 Å². The number of aryl methyl sites for hydroxylation is 5. The zero-order valence-electron chi connectivity index (χ0n) is 27.6. The van der Waals surface area contributed by atoms with Crippen LogP contribution in [0.2, 0.25) is 0 Å². The molecule has 0 saturated heterocycles. The summed E-state index contributed by atoms with van der Waals surface area (Å²) in [5, 5.41) is 0.871. The van der Waals surface area contributed by atoms with Gasteiger partial charge in [-0.1, -0.05) is 71.2 Å². The molecule has 0 radical (unpaired) electrons. The second-order valence-corrected chi connectivity index (χ2v) is 12.6. The van der Waals surface area contributed by atoms with E-state index in [1.54, 1.807) is 6.20 Å². The van der Waals surface area contributed by atoms with Crippen LogP contribution in [0.5, 0.6) is 0 Å². The summed E-state index contributed by atoms with van der Waals surface area (Å²) in [5.74, 6) is 1.44. The first-order chi connectivity index (χ1) is 22.0. The van der Waals surface area contributed by atoms with Gasteiger partial charge in [-0.2, -0.15) is 0 Å². The Bertz CT molecular complexity index is 2030. The van der Waals surface area contributed by atoms with E-state index in [4.69, 9.17) is 9.97 Å². The summed E-state index contributed by atoms with van der Waals surface area (Å²) in [6, 6.07) is 24.1. The monoisotopic (exact) mass is 609 g/mol. The Morgan fingerprint density at radius 2 is 1.17 bits per heavy atom. The standard InChI is InChI=1S/C40H40FN5/c1-9-31-24-29(5)37(30(6)25-31)45-21-19-43-39(45)33-15-11-13-17-35(33)46(41)40(7,8)34-16-12-10-14-32(34)38-42-18-20-44(38)36-27(3)22-26(2)23-28(36)4/h9-25H,1H2,2-8H3. The van der Waals surface area contributed by atoms with E-state index in [1.165, 1.54) is 5.56 Å². The second kappa shape index (κ2) is 11.9. The molecule has 0 aliphatic carbocycles. The number of imidazole rings is 2. The van der Waals surface area contributed by atoms with Crippen molar-refractivity contribution in [3.05, 3.63) is 143 Å². The first-order valence-electron chi connectivity index (χ1n) is 15.6. The zero-order valence-corrected chi connectivity index (χ0v) is 27.6. The predicted octanol–water partition coefficient (Wildman–Crippen LogP) is 10.2. The van der Waals surface area contributed by atoms with Crippen LogP contribution in [0.4, 0.5) is 10.2 Å². The fourth-order valence-electron chi connectivity index (χ4n) is 6.86. The van der Waals surface area contributed by atoms with Gasteiger partial charge in [0.05, 0.1) is 22.6 Å². The van der Waals surface area contributed by atoms with Crippen molar-refractivity contribution >= 4 is 11.8 Å². The lowest BCUT2D eigenvalue weighted by atomic mass is 9.88. The van der Waals surface area contributed by atoms with Crippen LogP contribution in [0.3, 0.4) is 0 Å². The highest BCUT2D eigenvalue weighted by molar-refractivity contribution is 5.77. The molecule has 0 amide bonds. The largest absolute Gasteiger partial charge is 0.299 e. The maximum absolute atomic E-state index is 17.2. The van der Waals surface area contributed by atoms with Crippen LogP contribution >= 0.6 is 0 Å². The highest BCUT2D eigenvalue weighted by Gasteiger charge is 2.35. The Hall–Kier alpha value is -5.23. The maximum atomic E-state index is 17.2. The van der Waals surface area contributed by atoms with Crippen LogP contribution in [0.25, 0.3) is 40.2 Å². The van der Waals surface area contributed by atoms with Gasteiger partial charge in [0.25, 0.3) is 0 Å². The van der Waals surface area contributed by atoms with Gasteiger partial charge >= 0.3 is 0 Å². The van der Waals surface area contributed by atoms with Crippen molar-refractivity contribution in [3.8, 4) is 34.2 Å². The number of nitrogens with zero attached hydrogens (tertiary/aromatic N) is 5. The fraction of sp³-hybridized carbons (Fsp3) is 0.200. The number of hydrogen-bond acceptors (Lipinski definition) is 3. The van der Waals surface area contributed by atoms with E-state index in [0.29, 0.717) is 17.1 Å². The molecule has 0 fully saturated rings. The van der Waals surface area contributed by atoms with E-state index >= 15 is 4.48 Å². The SMILES string of the molecule is C=Cc1cc(C)c(-n2ccnc2-c2ccccc2N(F)C(C)(C)c2ccccc2-c2nccn2-c2c(C)cc(C)cc2C)c(C)c1. The Labute approximate surface area is 271 Å². The number of rotatable bonds is 8. The summed E-state index contributed by atoms with van der Waals surface area (Å²) < 4.78 is 21.4. The fourth-order valence-corrected chi connectivity index (χ4v) is 6.86. The molecule has 0 aliphatic heterocycles. The minimum Gasteiger partial charge on any atom is -0.299 e. The number of benzene rings is 4. The Morgan fingerprint density at radius 3 is 1.74 bits per heavy atom. The van der Waals surface area contributed by atoms with Crippen LogP contribution < -0.4 is 5.12 Å². The van der Waals surface area contributed by atoms with Gasteiger partial charge in [0, 0.05) is 35.9 Å². The van der Waals surface area contributed by atoms with E-state index in [2.05, 4.69) is 70.0 Å². The van der Waals surface area contributed by atoms with Gasteiger partial charge in [-0.15, -0.1) is 0 Å². The van der Waals surface area contributed by atoms with E-state index in [9.17, 15) is 0 Å². The molecule has 2 aromatic heterocycles. The third kappa shape index (κ3) is 5.24. The average Bonchev–Trinajstić information content (AvgIpc) is 3.70. The summed E-state index contributed by atoms with van der Waals surface area (Å²) in [6.07, 6.45) is 9.35. The number of para-hydroxylation sites is 1. The third-order valence-electron chi connectivity index (χ3n) is 8.82. The summed E-state index contributed by atoms with van der Waals surface area (Å²) in [4.78, 5) is 9.56. The van der Waals surface area contributed by atoms with Crippen LogP contribution in [-0.4, -0.2) is 19.1 Å². The molecule has 4 aromatic carbocycles. The molecule has 0 saturated carbocycles. The number of aromatic nitrogens is 4. The van der Waals surface area contributed by atoms with Crippen molar-refractivity contribution in [1.82, 2.24) is 19.1 Å². The molecular formula is C40H40FN5. The van der Waals surface area contributed by atoms with Crippen molar-refractivity contribution in [1.29, 1.82) is 0 Å². The number of halogens is 1. The first kappa shape index (κ1) is 30.8. The highest BCUT2D eigenvalue weighted by atomic mass is 19.2. The summed E-state index contributed by atoms with van der Waals surface area (Å²) in [7, 11) is 0. The molecular weight excluding hydrogens is 569 g/mol. The molecule has 0 aliphatic rings. The van der Waals surface area contributed by atoms with E-state index in [-0.39, 0.29) is 0 Å². The van der Waals surface area contributed by atoms with Gasteiger partial charge in [0.15, 0.2) is 0 Å². The number of anilines is 1. The van der Waals surface area contributed by atoms with Crippen molar-refractivity contribution in [2.45, 2.75) is 54.0 Å². The molecule has 2 heterocycles. The van der Waals surface area contributed by atoms with Gasteiger partial charge in [0.2, 0.25) is 0 Å². The molecule has 6 rings (SSSR count).